The van der Waals surface area contributed by atoms with Gasteiger partial charge in [-0.1, -0.05) is 24.3 Å². The molecule has 3 rings (SSSR count). The first-order valence-electron chi connectivity index (χ1n) is 9.11. The number of para-hydroxylation sites is 2. The van der Waals surface area contributed by atoms with Gasteiger partial charge in [0.25, 0.3) is 5.52 Å². The summed E-state index contributed by atoms with van der Waals surface area (Å²) in [6.45, 7) is 2.23. The van der Waals surface area contributed by atoms with Crippen molar-refractivity contribution in [3.63, 3.8) is 0 Å². The van der Waals surface area contributed by atoms with Gasteiger partial charge in [-0.2, -0.15) is 4.57 Å². The molecular formula is C22H29I2N3O. The minimum atomic E-state index is 0. The maximum atomic E-state index is 5.88. The van der Waals surface area contributed by atoms with Crippen molar-refractivity contribution in [1.29, 1.82) is 0 Å². The van der Waals surface area contributed by atoms with Crippen LogP contribution in [0.25, 0.3) is 17.2 Å². The maximum absolute atomic E-state index is 5.88. The molecule has 0 saturated heterocycles. The van der Waals surface area contributed by atoms with Gasteiger partial charge in [0.2, 0.25) is 5.58 Å². The minimum absolute atomic E-state index is 0. The lowest BCUT2D eigenvalue weighted by atomic mass is 10.2. The fourth-order valence-electron chi connectivity index (χ4n) is 2.96. The van der Waals surface area contributed by atoms with Crippen LogP contribution in [0.1, 0.15) is 12.3 Å². The smallest absolute Gasteiger partial charge is 0.373 e. The molecule has 1 aliphatic heterocycles. The average Bonchev–Trinajstić information content (AvgIpc) is 2.92. The SMILES string of the molecule is C[n+]1c(C=CC=C2C=CN(CCC[N+](C)(C)C)C=C2)oc2ccccc21.[I-].[I-]. The lowest BCUT2D eigenvalue weighted by Crippen LogP contribution is -3.00. The molecule has 1 aromatic heterocycles. The quantitative estimate of drug-likeness (QED) is 0.209. The van der Waals surface area contributed by atoms with Crippen LogP contribution in [0, 0.1) is 0 Å². The number of nitrogens with zero attached hydrogens (tertiary/aromatic N) is 3. The highest BCUT2D eigenvalue weighted by atomic mass is 127. The van der Waals surface area contributed by atoms with Crippen molar-refractivity contribution in [3.8, 4) is 0 Å². The molecule has 0 unspecified atom stereocenters. The zero-order chi connectivity index (χ0) is 18.6. The van der Waals surface area contributed by atoms with Gasteiger partial charge >= 0.3 is 5.89 Å². The summed E-state index contributed by atoms with van der Waals surface area (Å²) in [5, 5.41) is 0. The number of rotatable bonds is 6. The summed E-state index contributed by atoms with van der Waals surface area (Å²) in [5.74, 6) is 0.841. The van der Waals surface area contributed by atoms with Crippen LogP contribution in [-0.4, -0.2) is 43.6 Å². The minimum Gasteiger partial charge on any atom is -1.00 e. The third-order valence-corrected chi connectivity index (χ3v) is 4.46. The maximum Gasteiger partial charge on any atom is 0.373 e. The molecule has 1 aromatic carbocycles. The zero-order valence-electron chi connectivity index (χ0n) is 17.0. The molecule has 0 amide bonds. The fraction of sp³-hybridized carbons (Fsp3) is 0.318. The predicted molar refractivity (Wildman–Crippen MR) is 107 cm³/mol. The average molecular weight is 605 g/mol. The van der Waals surface area contributed by atoms with E-state index in [-0.39, 0.29) is 48.0 Å². The molecule has 4 nitrogen and oxygen atoms in total. The molecule has 0 spiro atoms. The summed E-state index contributed by atoms with van der Waals surface area (Å²) in [4.78, 5) is 2.25. The summed E-state index contributed by atoms with van der Waals surface area (Å²) in [7, 11) is 8.72. The number of quaternary nitrogens is 1. The van der Waals surface area contributed by atoms with Crippen LogP contribution in [-0.2, 0) is 7.05 Å². The Morgan fingerprint density at radius 3 is 2.39 bits per heavy atom. The second-order valence-corrected chi connectivity index (χ2v) is 7.73. The number of allylic oxidation sites excluding steroid dienone is 5. The number of hydrogen-bond donors (Lipinski definition) is 0. The number of oxazole rings is 1. The molecule has 0 bridgehead atoms. The van der Waals surface area contributed by atoms with E-state index in [1.54, 1.807) is 0 Å². The Morgan fingerprint density at radius 1 is 1.07 bits per heavy atom. The second-order valence-electron chi connectivity index (χ2n) is 7.73. The first-order chi connectivity index (χ1) is 12.4. The van der Waals surface area contributed by atoms with E-state index in [0.717, 1.165) is 28.0 Å². The topological polar surface area (TPSA) is 20.3 Å². The molecule has 0 radical (unpaired) electrons. The number of halogens is 2. The number of aromatic nitrogens is 1. The lowest BCUT2D eigenvalue weighted by molar-refractivity contribution is -0.870. The Bertz CT molecular complexity index is 873. The Kier molecular flexibility index (Phi) is 9.92. The Morgan fingerprint density at radius 2 is 1.75 bits per heavy atom. The van der Waals surface area contributed by atoms with Gasteiger partial charge in [0.1, 0.15) is 7.05 Å². The molecular weight excluding hydrogens is 576 g/mol. The molecule has 0 fully saturated rings. The summed E-state index contributed by atoms with van der Waals surface area (Å²) in [6.07, 6.45) is 15.9. The zero-order valence-corrected chi connectivity index (χ0v) is 21.3. The Labute approximate surface area is 202 Å². The van der Waals surface area contributed by atoms with Gasteiger partial charge in [0, 0.05) is 31.4 Å². The fourth-order valence-corrected chi connectivity index (χ4v) is 2.96. The molecule has 152 valence electrons. The normalized spacial score (nSPS) is 13.7. The van der Waals surface area contributed by atoms with Crippen molar-refractivity contribution >= 4 is 17.2 Å². The standard InChI is InChI=1S/C22H29N3O.2HI/c1-23-20-10-5-6-11-21(20)26-22(23)12-7-9-19-13-16-24(17-14-19)15-8-18-25(2,3)4;;/h5-7,9-14,16-17H,8,15,18H2,1-4H3;2*1H/q+2;;/p-2. The van der Waals surface area contributed by atoms with E-state index < -0.39 is 0 Å². The third kappa shape index (κ3) is 7.04. The highest BCUT2D eigenvalue weighted by Gasteiger charge is 2.15. The first kappa shape index (κ1) is 24.9. The van der Waals surface area contributed by atoms with E-state index in [0.29, 0.717) is 0 Å². The van der Waals surface area contributed by atoms with Crippen LogP contribution >= 0.6 is 0 Å². The highest BCUT2D eigenvalue weighted by Crippen LogP contribution is 2.14. The van der Waals surface area contributed by atoms with Crippen molar-refractivity contribution < 1.29 is 61.4 Å². The van der Waals surface area contributed by atoms with Gasteiger partial charge in [-0.05, 0) is 23.8 Å². The largest absolute Gasteiger partial charge is 1.00 e. The van der Waals surface area contributed by atoms with E-state index >= 15 is 0 Å². The van der Waals surface area contributed by atoms with Crippen molar-refractivity contribution in [2.75, 3.05) is 34.2 Å². The van der Waals surface area contributed by atoms with Crippen molar-refractivity contribution in [3.05, 3.63) is 72.4 Å². The number of hydrogen-bond acceptors (Lipinski definition) is 2. The number of fused-ring (bicyclic) bond motifs is 1. The van der Waals surface area contributed by atoms with Crippen LogP contribution in [0.3, 0.4) is 0 Å². The number of benzene rings is 1. The number of aryl methyl sites for hydroxylation is 1. The van der Waals surface area contributed by atoms with Gasteiger partial charge in [-0.3, -0.25) is 0 Å². The summed E-state index contributed by atoms with van der Waals surface area (Å²) in [5.41, 5.74) is 3.19. The first-order valence-corrected chi connectivity index (χ1v) is 9.11. The van der Waals surface area contributed by atoms with E-state index in [1.807, 2.05) is 37.4 Å². The van der Waals surface area contributed by atoms with E-state index in [9.17, 15) is 0 Å². The second kappa shape index (κ2) is 11.2. The van der Waals surface area contributed by atoms with Crippen molar-refractivity contribution in [2.45, 2.75) is 6.42 Å². The van der Waals surface area contributed by atoms with E-state index in [4.69, 9.17) is 4.42 Å². The van der Waals surface area contributed by atoms with Gasteiger partial charge in [-0.25, -0.2) is 0 Å². The molecule has 0 atom stereocenters. The van der Waals surface area contributed by atoms with Gasteiger partial charge in [0.05, 0.1) is 33.8 Å². The molecule has 6 heteroatoms. The van der Waals surface area contributed by atoms with Crippen LogP contribution in [0.5, 0.6) is 0 Å². The molecule has 2 heterocycles. The van der Waals surface area contributed by atoms with Gasteiger partial charge in [0.15, 0.2) is 0 Å². The van der Waals surface area contributed by atoms with Crippen molar-refractivity contribution in [2.24, 2.45) is 7.05 Å². The van der Waals surface area contributed by atoms with Crippen LogP contribution in [0.4, 0.5) is 0 Å². The summed E-state index contributed by atoms with van der Waals surface area (Å²) in [6, 6.07) is 8.07. The molecule has 1 aliphatic rings. The lowest BCUT2D eigenvalue weighted by Gasteiger charge is -2.25. The van der Waals surface area contributed by atoms with Crippen molar-refractivity contribution in [1.82, 2.24) is 4.90 Å². The third-order valence-electron chi connectivity index (χ3n) is 4.46. The van der Waals surface area contributed by atoms with Crippen LogP contribution in [0.2, 0.25) is 0 Å². The predicted octanol–water partition coefficient (Wildman–Crippen LogP) is -2.36. The molecule has 0 saturated carbocycles. The monoisotopic (exact) mass is 605 g/mol. The summed E-state index contributed by atoms with van der Waals surface area (Å²) < 4.78 is 8.95. The summed E-state index contributed by atoms with van der Waals surface area (Å²) >= 11 is 0. The molecule has 0 N–H and O–H groups in total. The highest BCUT2D eigenvalue weighted by molar-refractivity contribution is 5.69. The molecule has 2 aromatic rings. The van der Waals surface area contributed by atoms with Crippen LogP contribution in [0.15, 0.2) is 71.0 Å². The Hall–Kier alpha value is -1.13. The molecule has 0 aliphatic carbocycles. The van der Waals surface area contributed by atoms with E-state index in [1.165, 1.54) is 18.5 Å². The molecule has 28 heavy (non-hydrogen) atoms. The Balaban J connectivity index is 0.00000196. The van der Waals surface area contributed by atoms with Gasteiger partial charge in [-0.15, -0.1) is 0 Å². The van der Waals surface area contributed by atoms with Gasteiger partial charge < -0.3 is 61.8 Å². The van der Waals surface area contributed by atoms with Crippen LogP contribution < -0.4 is 52.5 Å². The van der Waals surface area contributed by atoms with E-state index in [2.05, 4.69) is 67.3 Å².